The number of piperazine rings is 1. The third-order valence-electron chi connectivity index (χ3n) is 5.68. The molecule has 2 aromatic carbocycles. The quantitative estimate of drug-likeness (QED) is 0.640. The number of rotatable bonds is 6. The van der Waals surface area contributed by atoms with Crippen LogP contribution < -0.4 is 9.64 Å². The zero-order valence-electron chi connectivity index (χ0n) is 17.3. The van der Waals surface area contributed by atoms with Gasteiger partial charge in [-0.25, -0.2) is 0 Å². The maximum absolute atomic E-state index is 5.28. The zero-order chi connectivity index (χ0) is 20.2. The number of benzene rings is 2. The van der Waals surface area contributed by atoms with Crippen LogP contribution in [0, 0.1) is 0 Å². The molecule has 1 fully saturated rings. The molecule has 0 radical (unpaired) electrons. The van der Waals surface area contributed by atoms with Crippen molar-refractivity contribution in [3.05, 3.63) is 48.5 Å². The number of ether oxygens (including phenoxy) is 2. The number of anilines is 1. The highest BCUT2D eigenvalue weighted by Crippen LogP contribution is 2.32. The van der Waals surface area contributed by atoms with Crippen LogP contribution >= 0.6 is 0 Å². The maximum Gasteiger partial charge on any atom is 0.159 e. The van der Waals surface area contributed by atoms with Gasteiger partial charge in [-0.3, -0.25) is 4.90 Å². The van der Waals surface area contributed by atoms with Gasteiger partial charge in [-0.15, -0.1) is 10.2 Å². The smallest absolute Gasteiger partial charge is 0.159 e. The topological polar surface area (TPSA) is 50.7 Å². The minimum absolute atomic E-state index is 0.445. The van der Waals surface area contributed by atoms with Crippen LogP contribution in [0.4, 0.5) is 5.82 Å². The van der Waals surface area contributed by atoms with Crippen molar-refractivity contribution in [3.8, 4) is 17.0 Å². The molecule has 3 aromatic rings. The molecule has 1 aromatic heterocycles. The Hall–Kier alpha value is -2.70. The van der Waals surface area contributed by atoms with Gasteiger partial charge in [0.15, 0.2) is 5.82 Å². The lowest BCUT2D eigenvalue weighted by atomic mass is 10.0. The number of hydrogen-bond acceptors (Lipinski definition) is 6. The van der Waals surface area contributed by atoms with Crippen LogP contribution in [0.25, 0.3) is 22.0 Å². The predicted octanol–water partition coefficient (Wildman–Crippen LogP) is 3.46. The summed E-state index contributed by atoms with van der Waals surface area (Å²) in [5.41, 5.74) is 1.94. The summed E-state index contributed by atoms with van der Waals surface area (Å²) >= 11 is 0. The van der Waals surface area contributed by atoms with Crippen LogP contribution in [-0.2, 0) is 4.74 Å². The molecule has 1 aliphatic rings. The Morgan fingerprint density at radius 2 is 1.72 bits per heavy atom. The van der Waals surface area contributed by atoms with Gasteiger partial charge in [0.1, 0.15) is 11.4 Å². The van der Waals surface area contributed by atoms with Gasteiger partial charge in [0.2, 0.25) is 0 Å². The second kappa shape index (κ2) is 8.76. The molecular weight excluding hydrogens is 364 g/mol. The van der Waals surface area contributed by atoms with Crippen LogP contribution in [0.15, 0.2) is 48.5 Å². The molecule has 1 atom stereocenters. The van der Waals surface area contributed by atoms with Crippen molar-refractivity contribution in [1.82, 2.24) is 15.1 Å². The molecule has 1 unspecified atom stereocenters. The summed E-state index contributed by atoms with van der Waals surface area (Å²) in [7, 11) is 3.43. The third kappa shape index (κ3) is 4.04. The standard InChI is InChI=1S/C23H28N4O2/c1-17-16-27(13-12-26(17)14-15-28-2)23-21-7-5-4-6-20(21)22(24-25-23)18-8-10-19(29-3)11-9-18/h4-11,17H,12-16H2,1-3H3. The Bertz CT molecular complexity index is 961. The largest absolute Gasteiger partial charge is 0.497 e. The van der Waals surface area contributed by atoms with Crippen molar-refractivity contribution >= 4 is 16.6 Å². The average Bonchev–Trinajstić information content (AvgIpc) is 2.77. The van der Waals surface area contributed by atoms with E-state index in [0.29, 0.717) is 6.04 Å². The Morgan fingerprint density at radius 3 is 2.41 bits per heavy atom. The average molecular weight is 393 g/mol. The van der Waals surface area contributed by atoms with Crippen LogP contribution in [0.2, 0.25) is 0 Å². The molecule has 0 aliphatic carbocycles. The minimum Gasteiger partial charge on any atom is -0.497 e. The summed E-state index contributed by atoms with van der Waals surface area (Å²) in [6.45, 7) is 6.88. The van der Waals surface area contributed by atoms with Gasteiger partial charge in [0.25, 0.3) is 0 Å². The fourth-order valence-corrected chi connectivity index (χ4v) is 4.01. The lowest BCUT2D eigenvalue weighted by molar-refractivity contribution is 0.117. The Morgan fingerprint density at radius 1 is 0.966 bits per heavy atom. The van der Waals surface area contributed by atoms with E-state index in [9.17, 15) is 0 Å². The first-order valence-electron chi connectivity index (χ1n) is 10.1. The summed E-state index contributed by atoms with van der Waals surface area (Å²) in [4.78, 5) is 4.84. The molecule has 6 nitrogen and oxygen atoms in total. The van der Waals surface area contributed by atoms with Gasteiger partial charge >= 0.3 is 0 Å². The first kappa shape index (κ1) is 19.6. The van der Waals surface area contributed by atoms with Gasteiger partial charge < -0.3 is 14.4 Å². The molecule has 4 rings (SSSR count). The highest BCUT2D eigenvalue weighted by Gasteiger charge is 2.26. The highest BCUT2D eigenvalue weighted by molar-refractivity contribution is 6.00. The number of fused-ring (bicyclic) bond motifs is 1. The van der Waals surface area contributed by atoms with Gasteiger partial charge in [0.05, 0.1) is 13.7 Å². The third-order valence-corrected chi connectivity index (χ3v) is 5.68. The minimum atomic E-state index is 0.445. The summed E-state index contributed by atoms with van der Waals surface area (Å²) in [5, 5.41) is 11.6. The Balaban J connectivity index is 1.65. The van der Waals surface area contributed by atoms with Gasteiger partial charge in [-0.2, -0.15) is 0 Å². The predicted molar refractivity (Wildman–Crippen MR) is 117 cm³/mol. The fraction of sp³-hybridized carbons (Fsp3) is 0.391. The molecule has 2 heterocycles. The van der Waals surface area contributed by atoms with E-state index in [-0.39, 0.29) is 0 Å². The van der Waals surface area contributed by atoms with E-state index in [1.807, 2.05) is 24.3 Å². The molecule has 0 amide bonds. The monoisotopic (exact) mass is 392 g/mol. The zero-order valence-corrected chi connectivity index (χ0v) is 17.3. The SMILES string of the molecule is COCCN1CCN(c2nnc(-c3ccc(OC)cc3)c3ccccc23)CC1C. The summed E-state index contributed by atoms with van der Waals surface area (Å²) < 4.78 is 10.5. The maximum atomic E-state index is 5.28. The summed E-state index contributed by atoms with van der Waals surface area (Å²) in [5.74, 6) is 1.80. The van der Waals surface area contributed by atoms with E-state index < -0.39 is 0 Å². The van der Waals surface area contributed by atoms with Crippen LogP contribution in [0.3, 0.4) is 0 Å². The molecule has 29 heavy (non-hydrogen) atoms. The highest BCUT2D eigenvalue weighted by atomic mass is 16.5. The number of nitrogens with zero attached hydrogens (tertiary/aromatic N) is 4. The van der Waals surface area contributed by atoms with Crippen molar-refractivity contribution < 1.29 is 9.47 Å². The van der Waals surface area contributed by atoms with Crippen LogP contribution in [0.1, 0.15) is 6.92 Å². The molecular formula is C23H28N4O2. The van der Waals surface area contributed by atoms with E-state index in [2.05, 4.69) is 51.2 Å². The first-order valence-corrected chi connectivity index (χ1v) is 10.1. The number of methoxy groups -OCH3 is 2. The van der Waals surface area contributed by atoms with Gasteiger partial charge in [-0.05, 0) is 31.2 Å². The lowest BCUT2D eigenvalue weighted by Gasteiger charge is -2.40. The first-order chi connectivity index (χ1) is 14.2. The van der Waals surface area contributed by atoms with Crippen molar-refractivity contribution in [1.29, 1.82) is 0 Å². The van der Waals surface area contributed by atoms with Crippen molar-refractivity contribution in [2.24, 2.45) is 0 Å². The van der Waals surface area contributed by atoms with E-state index >= 15 is 0 Å². The lowest BCUT2D eigenvalue weighted by Crippen LogP contribution is -2.53. The van der Waals surface area contributed by atoms with Crippen LogP contribution in [-0.4, -0.2) is 68.1 Å². The Labute approximate surface area is 172 Å². The number of hydrogen-bond donors (Lipinski definition) is 0. The van der Waals surface area contributed by atoms with E-state index in [1.54, 1.807) is 14.2 Å². The molecule has 0 spiro atoms. The van der Waals surface area contributed by atoms with Crippen molar-refractivity contribution in [2.45, 2.75) is 13.0 Å². The molecule has 0 N–H and O–H groups in total. The van der Waals surface area contributed by atoms with Crippen LogP contribution in [0.5, 0.6) is 5.75 Å². The normalized spacial score (nSPS) is 17.6. The van der Waals surface area contributed by atoms with E-state index in [0.717, 1.165) is 66.4 Å². The second-order valence-corrected chi connectivity index (χ2v) is 7.47. The van der Waals surface area contributed by atoms with E-state index in [1.165, 1.54) is 0 Å². The van der Waals surface area contributed by atoms with Crippen molar-refractivity contribution in [3.63, 3.8) is 0 Å². The summed E-state index contributed by atoms with van der Waals surface area (Å²) in [6.07, 6.45) is 0. The molecule has 0 bridgehead atoms. The molecule has 1 aliphatic heterocycles. The summed E-state index contributed by atoms with van der Waals surface area (Å²) in [6, 6.07) is 16.8. The molecule has 152 valence electrons. The number of aromatic nitrogens is 2. The molecule has 1 saturated heterocycles. The van der Waals surface area contributed by atoms with E-state index in [4.69, 9.17) is 9.47 Å². The van der Waals surface area contributed by atoms with Crippen molar-refractivity contribution in [2.75, 3.05) is 51.9 Å². The fourth-order valence-electron chi connectivity index (χ4n) is 4.01. The molecule has 6 heteroatoms. The van der Waals surface area contributed by atoms with Gasteiger partial charge in [0, 0.05) is 55.7 Å². The molecule has 0 saturated carbocycles. The van der Waals surface area contributed by atoms with Gasteiger partial charge in [-0.1, -0.05) is 24.3 Å². The second-order valence-electron chi connectivity index (χ2n) is 7.47. The Kier molecular flexibility index (Phi) is 5.92.